The molecule has 0 saturated heterocycles. The lowest BCUT2D eigenvalue weighted by atomic mass is 10.2. The summed E-state index contributed by atoms with van der Waals surface area (Å²) >= 11 is 6.30. The van der Waals surface area contributed by atoms with Crippen LogP contribution in [0.25, 0.3) is 12.2 Å². The van der Waals surface area contributed by atoms with E-state index in [0.29, 0.717) is 22.1 Å². The maximum absolute atomic E-state index is 11.7. The third-order valence-electron chi connectivity index (χ3n) is 3.27. The van der Waals surface area contributed by atoms with Crippen molar-refractivity contribution >= 4 is 23.8 Å². The molecule has 0 unspecified atom stereocenters. The average molecular weight is 363 g/mol. The molecule has 0 saturated carbocycles. The molecule has 0 fully saturated rings. The van der Waals surface area contributed by atoms with Crippen LogP contribution < -0.4 is 15.2 Å². The van der Waals surface area contributed by atoms with Crippen molar-refractivity contribution in [1.82, 2.24) is 9.78 Å². The molecule has 1 aromatic carbocycles. The van der Waals surface area contributed by atoms with Crippen molar-refractivity contribution in [2.45, 2.75) is 26.3 Å². The minimum Gasteiger partial charge on any atom is -0.493 e. The minimum absolute atomic E-state index is 0.174. The summed E-state index contributed by atoms with van der Waals surface area (Å²) in [6.45, 7) is 2.24. The zero-order valence-electron chi connectivity index (χ0n) is 14.3. The van der Waals surface area contributed by atoms with Gasteiger partial charge in [-0.1, -0.05) is 24.4 Å². The summed E-state index contributed by atoms with van der Waals surface area (Å²) in [6, 6.07) is 3.51. The summed E-state index contributed by atoms with van der Waals surface area (Å²) in [5.41, 5.74) is 0.680. The molecule has 0 atom stereocenters. The second kappa shape index (κ2) is 9.00. The molecule has 0 spiro atoms. The highest BCUT2D eigenvalue weighted by Gasteiger charge is 2.12. The monoisotopic (exact) mass is 362 g/mol. The Morgan fingerprint density at radius 3 is 2.76 bits per heavy atom. The standard InChI is InChI=1S/C18H19ClN2O4/c1-4-5-6-7-12-21-18(22)25-15(20-21)11-9-13-8-10-14(23-2)17(24-3)16(13)19/h8-11H,4-5,12H2,1-3H3. The second-order valence-corrected chi connectivity index (χ2v) is 5.38. The first-order chi connectivity index (χ1) is 12.1. The Morgan fingerprint density at radius 1 is 1.28 bits per heavy atom. The Kier molecular flexibility index (Phi) is 6.72. The van der Waals surface area contributed by atoms with Gasteiger partial charge in [0.2, 0.25) is 5.89 Å². The number of benzene rings is 1. The molecule has 2 aromatic rings. The van der Waals surface area contributed by atoms with Crippen LogP contribution >= 0.6 is 11.6 Å². The summed E-state index contributed by atoms with van der Waals surface area (Å²) in [5, 5.41) is 4.47. The zero-order valence-corrected chi connectivity index (χ0v) is 15.1. The van der Waals surface area contributed by atoms with E-state index in [4.69, 9.17) is 25.5 Å². The predicted molar refractivity (Wildman–Crippen MR) is 96.9 cm³/mol. The first kappa shape index (κ1) is 18.7. The first-order valence-corrected chi connectivity index (χ1v) is 8.10. The van der Waals surface area contributed by atoms with Crippen molar-refractivity contribution in [3.05, 3.63) is 39.2 Å². The average Bonchev–Trinajstić information content (AvgIpc) is 2.97. The molecule has 0 bridgehead atoms. The van der Waals surface area contributed by atoms with E-state index in [9.17, 15) is 4.79 Å². The third-order valence-corrected chi connectivity index (χ3v) is 3.66. The lowest BCUT2D eigenvalue weighted by molar-refractivity contribution is 0.355. The predicted octanol–water partition coefficient (Wildman–Crippen LogP) is 3.48. The molecule has 0 aliphatic carbocycles. The van der Waals surface area contributed by atoms with Crippen LogP contribution in [0.5, 0.6) is 11.5 Å². The molecule has 1 heterocycles. The summed E-state index contributed by atoms with van der Waals surface area (Å²) in [4.78, 5) is 11.7. The highest BCUT2D eigenvalue weighted by atomic mass is 35.5. The lowest BCUT2D eigenvalue weighted by Gasteiger charge is -2.10. The summed E-state index contributed by atoms with van der Waals surface area (Å²) in [7, 11) is 3.05. The van der Waals surface area contributed by atoms with E-state index < -0.39 is 5.76 Å². The van der Waals surface area contributed by atoms with Crippen molar-refractivity contribution in [3.8, 4) is 23.3 Å². The van der Waals surface area contributed by atoms with E-state index in [2.05, 4.69) is 16.9 Å². The highest BCUT2D eigenvalue weighted by Crippen LogP contribution is 2.37. The van der Waals surface area contributed by atoms with Gasteiger partial charge < -0.3 is 13.9 Å². The fourth-order valence-electron chi connectivity index (χ4n) is 2.03. The highest BCUT2D eigenvalue weighted by molar-refractivity contribution is 6.33. The second-order valence-electron chi connectivity index (χ2n) is 5.01. The number of ether oxygens (including phenoxy) is 2. The fraction of sp³-hybridized carbons (Fsp3) is 0.333. The Balaban J connectivity index is 2.20. The van der Waals surface area contributed by atoms with Crippen LogP contribution in [0, 0.1) is 11.8 Å². The van der Waals surface area contributed by atoms with Gasteiger partial charge in [0.25, 0.3) is 0 Å². The molecule has 0 aliphatic heterocycles. The summed E-state index contributed by atoms with van der Waals surface area (Å²) in [6.07, 6.45) is 5.01. The van der Waals surface area contributed by atoms with Gasteiger partial charge in [0.1, 0.15) is 6.54 Å². The molecule has 6 nitrogen and oxygen atoms in total. The van der Waals surface area contributed by atoms with Gasteiger partial charge in [-0.3, -0.25) is 0 Å². The maximum Gasteiger partial charge on any atom is 0.438 e. The molecule has 7 heteroatoms. The van der Waals surface area contributed by atoms with Crippen LogP contribution in [0.3, 0.4) is 0 Å². The smallest absolute Gasteiger partial charge is 0.438 e. The van der Waals surface area contributed by atoms with E-state index >= 15 is 0 Å². The van der Waals surface area contributed by atoms with Crippen LogP contribution in [0.4, 0.5) is 0 Å². The largest absolute Gasteiger partial charge is 0.493 e. The number of hydrogen-bond donors (Lipinski definition) is 0. The molecule has 0 N–H and O–H groups in total. The van der Waals surface area contributed by atoms with Crippen molar-refractivity contribution in [3.63, 3.8) is 0 Å². The number of unbranched alkanes of at least 4 members (excludes halogenated alkanes) is 1. The van der Waals surface area contributed by atoms with Crippen LogP contribution in [-0.4, -0.2) is 24.0 Å². The maximum atomic E-state index is 11.7. The number of hydrogen-bond acceptors (Lipinski definition) is 5. The van der Waals surface area contributed by atoms with Crippen molar-refractivity contribution in [2.24, 2.45) is 0 Å². The first-order valence-electron chi connectivity index (χ1n) is 7.73. The van der Waals surface area contributed by atoms with Gasteiger partial charge in [-0.2, -0.15) is 4.68 Å². The third kappa shape index (κ3) is 4.68. The van der Waals surface area contributed by atoms with Crippen molar-refractivity contribution in [2.75, 3.05) is 14.2 Å². The topological polar surface area (TPSA) is 66.5 Å². The van der Waals surface area contributed by atoms with Gasteiger partial charge in [-0.05, 0) is 30.2 Å². The van der Waals surface area contributed by atoms with Crippen LogP contribution in [0.1, 0.15) is 31.2 Å². The van der Waals surface area contributed by atoms with E-state index in [0.717, 1.165) is 12.8 Å². The number of methoxy groups -OCH3 is 2. The summed E-state index contributed by atoms with van der Waals surface area (Å²) < 4.78 is 16.7. The molecule has 25 heavy (non-hydrogen) atoms. The van der Waals surface area contributed by atoms with Crippen molar-refractivity contribution in [1.29, 1.82) is 0 Å². The van der Waals surface area contributed by atoms with Crippen LogP contribution in [-0.2, 0) is 6.54 Å². The van der Waals surface area contributed by atoms with Gasteiger partial charge in [-0.15, -0.1) is 11.0 Å². The van der Waals surface area contributed by atoms with E-state index in [-0.39, 0.29) is 12.4 Å². The molecule has 0 radical (unpaired) electrons. The Morgan fingerprint density at radius 2 is 2.08 bits per heavy atom. The van der Waals surface area contributed by atoms with Crippen molar-refractivity contribution < 1.29 is 13.9 Å². The molecular formula is C18H19ClN2O4. The Hall–Kier alpha value is -2.65. The molecule has 2 rings (SSSR count). The SMILES string of the molecule is CCCC#CCn1nc(C=Cc2ccc(OC)c(OC)c2Cl)oc1=O. The van der Waals surface area contributed by atoms with E-state index in [1.165, 1.54) is 18.9 Å². The zero-order chi connectivity index (χ0) is 18.2. The van der Waals surface area contributed by atoms with Gasteiger partial charge in [0.15, 0.2) is 11.5 Å². The molecule has 0 aliphatic rings. The quantitative estimate of drug-likeness (QED) is 0.736. The van der Waals surface area contributed by atoms with Gasteiger partial charge in [0, 0.05) is 12.5 Å². The van der Waals surface area contributed by atoms with Gasteiger partial charge in [0.05, 0.1) is 19.2 Å². The molecule has 1 aromatic heterocycles. The Bertz CT molecular complexity index is 871. The Labute approximate surface area is 151 Å². The fourth-order valence-corrected chi connectivity index (χ4v) is 2.32. The van der Waals surface area contributed by atoms with Gasteiger partial charge >= 0.3 is 5.76 Å². The van der Waals surface area contributed by atoms with Crippen LogP contribution in [0.2, 0.25) is 5.02 Å². The minimum atomic E-state index is -0.552. The van der Waals surface area contributed by atoms with E-state index in [1.807, 2.05) is 6.92 Å². The summed E-state index contributed by atoms with van der Waals surface area (Å²) in [5.74, 6) is 6.43. The van der Waals surface area contributed by atoms with E-state index in [1.54, 1.807) is 24.3 Å². The van der Waals surface area contributed by atoms with Gasteiger partial charge in [-0.25, -0.2) is 4.79 Å². The number of halogens is 1. The number of aromatic nitrogens is 2. The number of rotatable bonds is 6. The number of nitrogens with zero attached hydrogens (tertiary/aromatic N) is 2. The molecule has 132 valence electrons. The molecule has 0 amide bonds. The van der Waals surface area contributed by atoms with Crippen LogP contribution in [0.15, 0.2) is 21.3 Å². The lowest BCUT2D eigenvalue weighted by Crippen LogP contribution is -2.14. The molecular weight excluding hydrogens is 344 g/mol. The normalized spacial score (nSPS) is 10.6.